The summed E-state index contributed by atoms with van der Waals surface area (Å²) in [5, 5.41) is 0. The summed E-state index contributed by atoms with van der Waals surface area (Å²) in [6.45, 7) is 3.92. The van der Waals surface area contributed by atoms with E-state index in [1.807, 2.05) is 19.9 Å². The van der Waals surface area contributed by atoms with Crippen LogP contribution in [0, 0.1) is 19.8 Å². The van der Waals surface area contributed by atoms with Gasteiger partial charge >= 0.3 is 0 Å². The van der Waals surface area contributed by atoms with E-state index in [0.717, 1.165) is 39.8 Å². The molecule has 3 heteroatoms. The van der Waals surface area contributed by atoms with Gasteiger partial charge < -0.3 is 4.74 Å². The number of carbonyl (C=O) groups excluding carboxylic acids is 1. The molecule has 0 heterocycles. The topological polar surface area (TPSA) is 26.3 Å². The number of carbonyl (C=O) groups is 1. The van der Waals surface area contributed by atoms with Crippen molar-refractivity contribution in [3.63, 3.8) is 0 Å². The van der Waals surface area contributed by atoms with Crippen LogP contribution in [0.15, 0.2) is 10.5 Å². The first-order valence-corrected chi connectivity index (χ1v) is 6.23. The summed E-state index contributed by atoms with van der Waals surface area (Å²) in [7, 11) is 1.62. The van der Waals surface area contributed by atoms with Crippen LogP contribution in [0.1, 0.15) is 34.3 Å². The molecule has 0 bridgehead atoms. The SMILES string of the molecule is COc1c(C)cc(Br)c(C)c1C(=O)C1CC1. The summed E-state index contributed by atoms with van der Waals surface area (Å²) in [4.78, 5) is 12.2. The molecule has 0 amide bonds. The molecule has 86 valence electrons. The average molecular weight is 283 g/mol. The van der Waals surface area contributed by atoms with Crippen LogP contribution in [0.25, 0.3) is 0 Å². The van der Waals surface area contributed by atoms with Crippen molar-refractivity contribution in [1.29, 1.82) is 0 Å². The number of hydrogen-bond donors (Lipinski definition) is 0. The van der Waals surface area contributed by atoms with E-state index < -0.39 is 0 Å². The number of rotatable bonds is 3. The molecule has 2 nitrogen and oxygen atoms in total. The summed E-state index contributed by atoms with van der Waals surface area (Å²) < 4.78 is 6.35. The van der Waals surface area contributed by atoms with Gasteiger partial charge in [-0.2, -0.15) is 0 Å². The van der Waals surface area contributed by atoms with Crippen molar-refractivity contribution in [2.24, 2.45) is 5.92 Å². The summed E-state index contributed by atoms with van der Waals surface area (Å²) in [5.41, 5.74) is 2.75. The third kappa shape index (κ3) is 1.88. The first-order chi connectivity index (χ1) is 7.56. The number of benzene rings is 1. The van der Waals surface area contributed by atoms with E-state index in [-0.39, 0.29) is 11.7 Å². The van der Waals surface area contributed by atoms with Crippen molar-refractivity contribution >= 4 is 21.7 Å². The largest absolute Gasteiger partial charge is 0.496 e. The van der Waals surface area contributed by atoms with Crippen molar-refractivity contribution in [3.8, 4) is 5.75 Å². The van der Waals surface area contributed by atoms with Crippen molar-refractivity contribution in [3.05, 3.63) is 27.2 Å². The van der Waals surface area contributed by atoms with Gasteiger partial charge in [0.2, 0.25) is 0 Å². The van der Waals surface area contributed by atoms with Crippen LogP contribution in [0.4, 0.5) is 0 Å². The molecule has 0 spiro atoms. The van der Waals surface area contributed by atoms with Gasteiger partial charge in [0, 0.05) is 10.4 Å². The molecule has 1 aliphatic rings. The summed E-state index contributed by atoms with van der Waals surface area (Å²) >= 11 is 3.49. The van der Waals surface area contributed by atoms with Gasteiger partial charge in [-0.15, -0.1) is 0 Å². The van der Waals surface area contributed by atoms with Gasteiger partial charge in [-0.05, 0) is 43.9 Å². The first kappa shape index (κ1) is 11.6. The highest BCUT2D eigenvalue weighted by Crippen LogP contribution is 2.39. The molecule has 0 radical (unpaired) electrons. The average Bonchev–Trinajstić information content (AvgIpc) is 3.05. The Morgan fingerprint density at radius 3 is 2.56 bits per heavy atom. The Hall–Kier alpha value is -0.830. The van der Waals surface area contributed by atoms with E-state index in [0.29, 0.717) is 0 Å². The Morgan fingerprint density at radius 2 is 2.06 bits per heavy atom. The molecular weight excluding hydrogens is 268 g/mol. The van der Waals surface area contributed by atoms with Gasteiger partial charge in [0.1, 0.15) is 5.75 Å². The van der Waals surface area contributed by atoms with E-state index in [1.54, 1.807) is 7.11 Å². The Kier molecular flexibility index (Phi) is 3.06. The Balaban J connectivity index is 2.59. The molecule has 1 aromatic carbocycles. The van der Waals surface area contributed by atoms with Crippen LogP contribution < -0.4 is 4.74 Å². The highest BCUT2D eigenvalue weighted by molar-refractivity contribution is 9.10. The zero-order chi connectivity index (χ0) is 11.9. The standard InChI is InChI=1S/C13H15BrO2/c1-7-6-10(14)8(2)11(13(7)16-3)12(15)9-4-5-9/h6,9H,4-5H2,1-3H3. The second kappa shape index (κ2) is 4.21. The lowest BCUT2D eigenvalue weighted by Gasteiger charge is -2.14. The lowest BCUT2D eigenvalue weighted by atomic mass is 9.98. The number of ketones is 1. The summed E-state index contributed by atoms with van der Waals surface area (Å²) in [6, 6.07) is 2.00. The lowest BCUT2D eigenvalue weighted by Crippen LogP contribution is -2.08. The number of ether oxygens (including phenoxy) is 1. The Labute approximate surface area is 104 Å². The number of methoxy groups -OCH3 is 1. The molecule has 0 aromatic heterocycles. The second-order valence-corrected chi connectivity index (χ2v) is 5.20. The molecule has 1 aromatic rings. The number of Topliss-reactive ketones (excluding diaryl/α,β-unsaturated/α-hetero) is 1. The fourth-order valence-corrected chi connectivity index (χ4v) is 2.50. The molecule has 16 heavy (non-hydrogen) atoms. The smallest absolute Gasteiger partial charge is 0.169 e. The molecule has 0 unspecified atom stereocenters. The Morgan fingerprint density at radius 1 is 1.44 bits per heavy atom. The summed E-state index contributed by atoms with van der Waals surface area (Å²) in [6.07, 6.45) is 2.04. The number of aryl methyl sites for hydroxylation is 1. The van der Waals surface area contributed by atoms with Crippen LogP contribution in [-0.4, -0.2) is 12.9 Å². The quantitative estimate of drug-likeness (QED) is 0.791. The van der Waals surface area contributed by atoms with Gasteiger partial charge in [-0.3, -0.25) is 4.79 Å². The monoisotopic (exact) mass is 282 g/mol. The second-order valence-electron chi connectivity index (χ2n) is 4.35. The molecule has 0 atom stereocenters. The normalized spacial score (nSPS) is 15.0. The molecule has 0 aliphatic heterocycles. The molecule has 2 rings (SSSR count). The first-order valence-electron chi connectivity index (χ1n) is 5.44. The maximum Gasteiger partial charge on any atom is 0.169 e. The van der Waals surface area contributed by atoms with E-state index in [1.165, 1.54) is 0 Å². The van der Waals surface area contributed by atoms with E-state index in [9.17, 15) is 4.79 Å². The van der Waals surface area contributed by atoms with Crippen molar-refractivity contribution in [2.45, 2.75) is 26.7 Å². The zero-order valence-electron chi connectivity index (χ0n) is 9.76. The third-order valence-electron chi connectivity index (χ3n) is 3.06. The van der Waals surface area contributed by atoms with Gasteiger partial charge in [0.25, 0.3) is 0 Å². The summed E-state index contributed by atoms with van der Waals surface area (Å²) in [5.74, 6) is 1.19. The fourth-order valence-electron chi connectivity index (χ4n) is 1.96. The predicted molar refractivity (Wildman–Crippen MR) is 67.2 cm³/mol. The number of hydrogen-bond acceptors (Lipinski definition) is 2. The zero-order valence-corrected chi connectivity index (χ0v) is 11.3. The minimum atomic E-state index is 0.223. The van der Waals surface area contributed by atoms with E-state index >= 15 is 0 Å². The molecule has 0 saturated heterocycles. The van der Waals surface area contributed by atoms with Crippen LogP contribution in [-0.2, 0) is 0 Å². The maximum absolute atomic E-state index is 12.2. The molecule has 1 saturated carbocycles. The van der Waals surface area contributed by atoms with Crippen molar-refractivity contribution < 1.29 is 9.53 Å². The van der Waals surface area contributed by atoms with Gasteiger partial charge in [-0.25, -0.2) is 0 Å². The van der Waals surface area contributed by atoms with Crippen LogP contribution in [0.5, 0.6) is 5.75 Å². The van der Waals surface area contributed by atoms with Gasteiger partial charge in [0.15, 0.2) is 5.78 Å². The molecule has 0 N–H and O–H groups in total. The van der Waals surface area contributed by atoms with Crippen molar-refractivity contribution in [2.75, 3.05) is 7.11 Å². The lowest BCUT2D eigenvalue weighted by molar-refractivity contribution is 0.0964. The highest BCUT2D eigenvalue weighted by Gasteiger charge is 2.33. The number of halogens is 1. The Bertz CT molecular complexity index is 448. The fraction of sp³-hybridized carbons (Fsp3) is 0.462. The molecule has 1 fully saturated rings. The minimum Gasteiger partial charge on any atom is -0.496 e. The van der Waals surface area contributed by atoms with Gasteiger partial charge in [-0.1, -0.05) is 15.9 Å². The molecular formula is C13H15BrO2. The van der Waals surface area contributed by atoms with Crippen LogP contribution >= 0.6 is 15.9 Å². The highest BCUT2D eigenvalue weighted by atomic mass is 79.9. The van der Waals surface area contributed by atoms with Crippen LogP contribution in [0.3, 0.4) is 0 Å². The van der Waals surface area contributed by atoms with Crippen LogP contribution in [0.2, 0.25) is 0 Å². The van der Waals surface area contributed by atoms with Crippen molar-refractivity contribution in [1.82, 2.24) is 0 Å². The molecule has 1 aliphatic carbocycles. The maximum atomic E-state index is 12.2. The minimum absolute atomic E-state index is 0.223. The van der Waals surface area contributed by atoms with E-state index in [2.05, 4.69) is 15.9 Å². The van der Waals surface area contributed by atoms with Gasteiger partial charge in [0.05, 0.1) is 12.7 Å². The van der Waals surface area contributed by atoms with E-state index in [4.69, 9.17) is 4.74 Å². The third-order valence-corrected chi connectivity index (χ3v) is 3.88. The predicted octanol–water partition coefficient (Wildman–Crippen LogP) is 3.67.